The van der Waals surface area contributed by atoms with Crippen molar-refractivity contribution in [2.75, 3.05) is 0 Å². The number of rotatable bonds is 4. The maximum atomic E-state index is 11.5. The van der Waals surface area contributed by atoms with Gasteiger partial charge in [-0.05, 0) is 36.4 Å². The first-order valence-electron chi connectivity index (χ1n) is 5.30. The van der Waals surface area contributed by atoms with Gasteiger partial charge in [-0.3, -0.25) is 9.78 Å². The zero-order chi connectivity index (χ0) is 12.6. The maximum Gasteiger partial charge on any atom is 0.272 e. The number of nitrogens with one attached hydrogen (secondary N) is 1. The van der Waals surface area contributed by atoms with E-state index in [-0.39, 0.29) is 5.91 Å². The number of furan rings is 1. The molecular formula is C13H11N3O2. The highest BCUT2D eigenvalue weighted by Gasteiger charge is 2.01. The highest BCUT2D eigenvalue weighted by Crippen LogP contribution is 2.00. The van der Waals surface area contributed by atoms with Gasteiger partial charge in [0.1, 0.15) is 5.76 Å². The monoisotopic (exact) mass is 241 g/mol. The molecule has 0 saturated heterocycles. The standard InChI is InChI=1S/C13H11N3O2/c17-13(11-4-1-7-14-10-11)16-15-8-2-5-12-6-3-9-18-12/h1-10H,(H,16,17)/b5-2-,15-8?. The Labute approximate surface area is 104 Å². The van der Waals surface area contributed by atoms with E-state index in [1.807, 2.05) is 6.07 Å². The Balaban J connectivity index is 1.83. The fraction of sp³-hybridized carbons (Fsp3) is 0. The molecular weight excluding hydrogens is 230 g/mol. The number of amides is 1. The summed E-state index contributed by atoms with van der Waals surface area (Å²) in [7, 11) is 0. The van der Waals surface area contributed by atoms with Crippen LogP contribution in [0.3, 0.4) is 0 Å². The first kappa shape index (κ1) is 11.8. The molecule has 0 unspecified atom stereocenters. The van der Waals surface area contributed by atoms with Crippen LogP contribution in [0.25, 0.3) is 6.08 Å². The number of allylic oxidation sites excluding steroid dienone is 1. The van der Waals surface area contributed by atoms with E-state index in [0.717, 1.165) is 5.76 Å². The van der Waals surface area contributed by atoms with Gasteiger partial charge in [0.05, 0.1) is 11.8 Å². The number of hydrogen-bond acceptors (Lipinski definition) is 4. The van der Waals surface area contributed by atoms with Crippen LogP contribution in [0.1, 0.15) is 16.1 Å². The Hall–Kier alpha value is -2.69. The fourth-order valence-electron chi connectivity index (χ4n) is 1.22. The normalized spacial score (nSPS) is 11.1. The average Bonchev–Trinajstić information content (AvgIpc) is 2.92. The summed E-state index contributed by atoms with van der Waals surface area (Å²) in [6, 6.07) is 6.96. The van der Waals surface area contributed by atoms with Gasteiger partial charge in [-0.25, -0.2) is 5.43 Å². The summed E-state index contributed by atoms with van der Waals surface area (Å²) in [5, 5.41) is 3.77. The third kappa shape index (κ3) is 3.41. The van der Waals surface area contributed by atoms with Crippen molar-refractivity contribution in [1.82, 2.24) is 10.4 Å². The van der Waals surface area contributed by atoms with Crippen LogP contribution in [-0.2, 0) is 0 Å². The number of hydrogen-bond donors (Lipinski definition) is 1. The second kappa shape index (κ2) is 6.15. The Kier molecular flexibility index (Phi) is 4.02. The van der Waals surface area contributed by atoms with Crippen LogP contribution in [0.2, 0.25) is 0 Å². The summed E-state index contributed by atoms with van der Waals surface area (Å²) in [6.45, 7) is 0. The van der Waals surface area contributed by atoms with Gasteiger partial charge in [0.25, 0.3) is 5.91 Å². The molecule has 2 heterocycles. The zero-order valence-corrected chi connectivity index (χ0v) is 9.48. The molecule has 90 valence electrons. The molecule has 0 aromatic carbocycles. The van der Waals surface area contributed by atoms with Crippen molar-refractivity contribution in [2.24, 2.45) is 5.10 Å². The highest BCUT2D eigenvalue weighted by atomic mass is 16.3. The second-order valence-corrected chi connectivity index (χ2v) is 3.34. The fourth-order valence-corrected chi connectivity index (χ4v) is 1.22. The van der Waals surface area contributed by atoms with E-state index < -0.39 is 0 Å². The van der Waals surface area contributed by atoms with E-state index in [4.69, 9.17) is 4.42 Å². The van der Waals surface area contributed by atoms with Gasteiger partial charge in [-0.15, -0.1) is 0 Å². The molecule has 2 aromatic rings. The van der Waals surface area contributed by atoms with E-state index in [2.05, 4.69) is 15.5 Å². The topological polar surface area (TPSA) is 67.5 Å². The SMILES string of the molecule is O=C(NN=C/C=C\c1ccco1)c1cccnc1. The molecule has 0 aliphatic carbocycles. The number of carbonyl (C=O) groups is 1. The molecule has 18 heavy (non-hydrogen) atoms. The van der Waals surface area contributed by atoms with Gasteiger partial charge in [0.2, 0.25) is 0 Å². The molecule has 1 N–H and O–H groups in total. The van der Waals surface area contributed by atoms with E-state index in [9.17, 15) is 4.79 Å². The highest BCUT2D eigenvalue weighted by molar-refractivity contribution is 5.94. The lowest BCUT2D eigenvalue weighted by molar-refractivity contribution is 0.0955. The quantitative estimate of drug-likeness (QED) is 0.658. The molecule has 0 radical (unpaired) electrons. The molecule has 0 spiro atoms. The minimum absolute atomic E-state index is 0.300. The van der Waals surface area contributed by atoms with Crippen molar-refractivity contribution in [3.63, 3.8) is 0 Å². The predicted molar refractivity (Wildman–Crippen MR) is 67.9 cm³/mol. The van der Waals surface area contributed by atoms with E-state index in [1.54, 1.807) is 42.8 Å². The van der Waals surface area contributed by atoms with E-state index in [1.165, 1.54) is 12.4 Å². The van der Waals surface area contributed by atoms with Gasteiger partial charge in [-0.2, -0.15) is 5.10 Å². The second-order valence-electron chi connectivity index (χ2n) is 3.34. The number of nitrogens with zero attached hydrogens (tertiary/aromatic N) is 2. The van der Waals surface area contributed by atoms with Gasteiger partial charge in [0.15, 0.2) is 0 Å². The van der Waals surface area contributed by atoms with Crippen LogP contribution in [0.5, 0.6) is 0 Å². The van der Waals surface area contributed by atoms with Gasteiger partial charge in [-0.1, -0.05) is 0 Å². The van der Waals surface area contributed by atoms with Gasteiger partial charge in [0, 0.05) is 18.6 Å². The lowest BCUT2D eigenvalue weighted by Crippen LogP contribution is -2.17. The van der Waals surface area contributed by atoms with Crippen molar-refractivity contribution in [1.29, 1.82) is 0 Å². The molecule has 2 rings (SSSR count). The van der Waals surface area contributed by atoms with E-state index in [0.29, 0.717) is 5.56 Å². The smallest absolute Gasteiger partial charge is 0.272 e. The van der Waals surface area contributed by atoms with Crippen LogP contribution < -0.4 is 5.43 Å². The molecule has 5 heteroatoms. The summed E-state index contributed by atoms with van der Waals surface area (Å²) in [5.41, 5.74) is 2.85. The predicted octanol–water partition coefficient (Wildman–Crippen LogP) is 2.10. The van der Waals surface area contributed by atoms with Crippen molar-refractivity contribution in [3.05, 3.63) is 60.3 Å². The molecule has 0 bridgehead atoms. The molecule has 1 amide bonds. The van der Waals surface area contributed by atoms with Crippen LogP contribution in [0.15, 0.2) is 58.5 Å². The number of carbonyl (C=O) groups excluding carboxylic acids is 1. The van der Waals surface area contributed by atoms with Gasteiger partial charge < -0.3 is 4.42 Å². The minimum atomic E-state index is -0.300. The third-order valence-electron chi connectivity index (χ3n) is 2.05. The van der Waals surface area contributed by atoms with Crippen molar-refractivity contribution in [3.8, 4) is 0 Å². The first-order valence-corrected chi connectivity index (χ1v) is 5.30. The van der Waals surface area contributed by atoms with Crippen molar-refractivity contribution >= 4 is 18.2 Å². The summed E-state index contributed by atoms with van der Waals surface area (Å²) < 4.78 is 5.09. The van der Waals surface area contributed by atoms with E-state index >= 15 is 0 Å². The molecule has 0 aliphatic rings. The van der Waals surface area contributed by atoms with Crippen LogP contribution in [0.4, 0.5) is 0 Å². The summed E-state index contributed by atoms with van der Waals surface area (Å²) >= 11 is 0. The van der Waals surface area contributed by atoms with Gasteiger partial charge >= 0.3 is 0 Å². The molecule has 0 fully saturated rings. The summed E-state index contributed by atoms with van der Waals surface area (Å²) in [4.78, 5) is 15.4. The lowest BCUT2D eigenvalue weighted by Gasteiger charge is -1.96. The largest absolute Gasteiger partial charge is 0.465 e. The number of pyridine rings is 1. The van der Waals surface area contributed by atoms with Crippen molar-refractivity contribution < 1.29 is 9.21 Å². The lowest BCUT2D eigenvalue weighted by atomic mass is 10.3. The summed E-state index contributed by atoms with van der Waals surface area (Å²) in [6.07, 6.45) is 9.54. The number of aromatic nitrogens is 1. The van der Waals surface area contributed by atoms with Crippen LogP contribution in [-0.4, -0.2) is 17.1 Å². The Morgan fingerprint density at radius 2 is 2.33 bits per heavy atom. The molecule has 5 nitrogen and oxygen atoms in total. The molecule has 0 atom stereocenters. The van der Waals surface area contributed by atoms with Crippen LogP contribution in [0, 0.1) is 0 Å². The number of hydrazone groups is 1. The van der Waals surface area contributed by atoms with Crippen LogP contribution >= 0.6 is 0 Å². The molecule has 0 aliphatic heterocycles. The Bertz CT molecular complexity index is 545. The Morgan fingerprint density at radius 1 is 1.39 bits per heavy atom. The zero-order valence-electron chi connectivity index (χ0n) is 9.48. The first-order chi connectivity index (χ1) is 8.86. The Morgan fingerprint density at radius 3 is 3.06 bits per heavy atom. The van der Waals surface area contributed by atoms with Crippen molar-refractivity contribution in [2.45, 2.75) is 0 Å². The molecule has 0 saturated carbocycles. The minimum Gasteiger partial charge on any atom is -0.465 e. The summed E-state index contributed by atoms with van der Waals surface area (Å²) in [5.74, 6) is 0.422. The third-order valence-corrected chi connectivity index (χ3v) is 2.05. The maximum absolute atomic E-state index is 11.5. The molecule has 2 aromatic heterocycles. The average molecular weight is 241 g/mol.